The van der Waals surface area contributed by atoms with Crippen molar-refractivity contribution in [1.82, 2.24) is 0 Å². The monoisotopic (exact) mass is 402 g/mol. The van der Waals surface area contributed by atoms with Crippen LogP contribution in [0.1, 0.15) is 32.8 Å². The van der Waals surface area contributed by atoms with Gasteiger partial charge in [0.05, 0.1) is 7.11 Å². The number of methoxy groups -OCH3 is 1. The highest BCUT2D eigenvalue weighted by Gasteiger charge is 2.47. The molecule has 0 fully saturated rings. The Morgan fingerprint density at radius 3 is 2.52 bits per heavy atom. The second kappa shape index (κ2) is 8.66. The van der Waals surface area contributed by atoms with E-state index in [1.165, 1.54) is 43.6 Å². The zero-order valence-corrected chi connectivity index (χ0v) is 16.8. The molecule has 0 heterocycles. The number of hydrogen-bond donors (Lipinski definition) is 1. The Morgan fingerprint density at radius 2 is 1.90 bits per heavy atom. The number of ether oxygens (including phenoxy) is 1. The van der Waals surface area contributed by atoms with E-state index in [0.717, 1.165) is 12.1 Å². The number of halogens is 2. The average Bonchev–Trinajstić information content (AvgIpc) is 2.64. The van der Waals surface area contributed by atoms with Gasteiger partial charge in [-0.3, -0.25) is 4.79 Å². The quantitative estimate of drug-likeness (QED) is 0.453. The summed E-state index contributed by atoms with van der Waals surface area (Å²) in [7, 11) is 1.27. The molecule has 1 N–H and O–H groups in total. The van der Waals surface area contributed by atoms with E-state index in [4.69, 9.17) is 0 Å². The summed E-state index contributed by atoms with van der Waals surface area (Å²) >= 11 is 0. The van der Waals surface area contributed by atoms with Gasteiger partial charge in [-0.1, -0.05) is 38.1 Å². The van der Waals surface area contributed by atoms with Crippen molar-refractivity contribution < 1.29 is 28.2 Å². The molecule has 2 rings (SSSR count). The Hall–Kier alpha value is -2.86. The predicted octanol–water partition coefficient (Wildman–Crippen LogP) is 4.31. The number of allylic oxidation sites excluding steroid dienone is 3. The maximum Gasteiger partial charge on any atom is 0.330 e. The van der Waals surface area contributed by atoms with E-state index >= 15 is 0 Å². The first kappa shape index (κ1) is 22.4. The van der Waals surface area contributed by atoms with E-state index in [1.807, 2.05) is 0 Å². The van der Waals surface area contributed by atoms with Crippen molar-refractivity contribution in [3.05, 3.63) is 76.9 Å². The molecule has 0 saturated carbocycles. The van der Waals surface area contributed by atoms with Crippen LogP contribution >= 0.6 is 0 Å². The topological polar surface area (TPSA) is 63.6 Å². The van der Waals surface area contributed by atoms with Gasteiger partial charge in [0.2, 0.25) is 0 Å². The lowest BCUT2D eigenvalue weighted by Crippen LogP contribution is -2.48. The molecule has 29 heavy (non-hydrogen) atoms. The highest BCUT2D eigenvalue weighted by molar-refractivity contribution is 5.94. The summed E-state index contributed by atoms with van der Waals surface area (Å²) in [6.45, 7) is 5.19. The molecule has 0 spiro atoms. The minimum atomic E-state index is -1.53. The fraction of sp³-hybridized carbons (Fsp3) is 0.304. The molecule has 1 aromatic carbocycles. The van der Waals surface area contributed by atoms with E-state index in [1.54, 1.807) is 26.8 Å². The number of aliphatic hydroxyl groups is 1. The Morgan fingerprint density at radius 1 is 1.21 bits per heavy atom. The van der Waals surface area contributed by atoms with Gasteiger partial charge in [-0.15, -0.1) is 0 Å². The van der Waals surface area contributed by atoms with Crippen molar-refractivity contribution >= 4 is 17.8 Å². The van der Waals surface area contributed by atoms with Crippen molar-refractivity contribution in [2.75, 3.05) is 7.11 Å². The summed E-state index contributed by atoms with van der Waals surface area (Å²) in [5.74, 6) is -2.62. The second-order valence-electron chi connectivity index (χ2n) is 7.64. The maximum atomic E-state index is 13.4. The molecule has 0 bridgehead atoms. The Balaban J connectivity index is 2.44. The minimum absolute atomic E-state index is 0.121. The third-order valence-corrected chi connectivity index (χ3v) is 4.94. The van der Waals surface area contributed by atoms with Crippen LogP contribution in [0.15, 0.2) is 59.7 Å². The van der Waals surface area contributed by atoms with Crippen molar-refractivity contribution in [2.24, 2.45) is 5.41 Å². The van der Waals surface area contributed by atoms with Gasteiger partial charge in [-0.25, -0.2) is 13.6 Å². The number of carbonyl (C=O) groups is 2. The molecule has 0 radical (unpaired) electrons. The Kier molecular flexibility index (Phi) is 6.69. The van der Waals surface area contributed by atoms with Crippen LogP contribution in [0.4, 0.5) is 8.78 Å². The molecule has 1 atom stereocenters. The molecule has 0 aromatic heterocycles. The van der Waals surface area contributed by atoms with Gasteiger partial charge >= 0.3 is 5.97 Å². The molecule has 0 saturated heterocycles. The summed E-state index contributed by atoms with van der Waals surface area (Å²) in [6.07, 6.45) is 8.85. The molecule has 0 amide bonds. The van der Waals surface area contributed by atoms with Crippen molar-refractivity contribution in [3.63, 3.8) is 0 Å². The van der Waals surface area contributed by atoms with Crippen LogP contribution < -0.4 is 0 Å². The summed E-state index contributed by atoms with van der Waals surface area (Å²) in [4.78, 5) is 23.6. The first-order chi connectivity index (χ1) is 13.5. The normalized spacial score (nSPS) is 22.2. The number of ketones is 1. The molecular formula is C23H24F2O4. The lowest BCUT2D eigenvalue weighted by molar-refractivity contribution is -0.134. The molecule has 1 aliphatic carbocycles. The molecular weight excluding hydrogens is 378 g/mol. The van der Waals surface area contributed by atoms with Crippen LogP contribution in [-0.4, -0.2) is 29.6 Å². The average molecular weight is 402 g/mol. The smallest absolute Gasteiger partial charge is 0.330 e. The van der Waals surface area contributed by atoms with Crippen LogP contribution in [0.5, 0.6) is 0 Å². The maximum absolute atomic E-state index is 13.4. The van der Waals surface area contributed by atoms with E-state index in [2.05, 4.69) is 4.74 Å². The lowest BCUT2D eigenvalue weighted by atomic mass is 9.64. The first-order valence-electron chi connectivity index (χ1n) is 9.04. The van der Waals surface area contributed by atoms with Gasteiger partial charge in [-0.05, 0) is 47.9 Å². The van der Waals surface area contributed by atoms with Crippen molar-refractivity contribution in [3.8, 4) is 0 Å². The van der Waals surface area contributed by atoms with Gasteiger partial charge in [0.25, 0.3) is 0 Å². The third kappa shape index (κ3) is 5.15. The largest absolute Gasteiger partial charge is 0.466 e. The fourth-order valence-corrected chi connectivity index (χ4v) is 3.14. The van der Waals surface area contributed by atoms with Crippen LogP contribution in [0, 0.1) is 17.0 Å². The number of rotatable bonds is 5. The Labute approximate surface area is 168 Å². The van der Waals surface area contributed by atoms with Crippen LogP contribution in [0.2, 0.25) is 0 Å². The predicted molar refractivity (Wildman–Crippen MR) is 107 cm³/mol. The number of benzene rings is 1. The fourth-order valence-electron chi connectivity index (χ4n) is 3.14. The van der Waals surface area contributed by atoms with E-state index < -0.39 is 28.6 Å². The van der Waals surface area contributed by atoms with E-state index in [9.17, 15) is 23.5 Å². The van der Waals surface area contributed by atoms with Crippen LogP contribution in [0.25, 0.3) is 6.08 Å². The van der Waals surface area contributed by atoms with Gasteiger partial charge in [0.1, 0.15) is 5.60 Å². The highest BCUT2D eigenvalue weighted by atomic mass is 19.2. The van der Waals surface area contributed by atoms with Crippen LogP contribution in [-0.2, 0) is 14.3 Å². The molecule has 154 valence electrons. The lowest BCUT2D eigenvalue weighted by Gasteiger charge is -2.44. The summed E-state index contributed by atoms with van der Waals surface area (Å²) in [5, 5.41) is 11.5. The van der Waals surface area contributed by atoms with Crippen LogP contribution in [0.3, 0.4) is 0 Å². The summed E-state index contributed by atoms with van der Waals surface area (Å²) in [5.41, 5.74) is -1.11. The minimum Gasteiger partial charge on any atom is -0.466 e. The third-order valence-electron chi connectivity index (χ3n) is 4.94. The molecule has 0 aliphatic heterocycles. The molecule has 0 unspecified atom stereocenters. The zero-order chi connectivity index (χ0) is 21.8. The molecule has 4 nitrogen and oxygen atoms in total. The second-order valence-corrected chi connectivity index (χ2v) is 7.64. The van der Waals surface area contributed by atoms with Gasteiger partial charge in [-0.2, -0.15) is 0 Å². The number of esters is 1. The van der Waals surface area contributed by atoms with Crippen molar-refractivity contribution in [1.29, 1.82) is 0 Å². The highest BCUT2D eigenvalue weighted by Crippen LogP contribution is 2.45. The Bertz CT molecular complexity index is 938. The van der Waals surface area contributed by atoms with Gasteiger partial charge in [0, 0.05) is 17.9 Å². The van der Waals surface area contributed by atoms with E-state index in [-0.39, 0.29) is 12.2 Å². The number of hydrogen-bond acceptors (Lipinski definition) is 4. The summed E-state index contributed by atoms with van der Waals surface area (Å²) in [6, 6.07) is 3.43. The number of carbonyl (C=O) groups excluding carboxylic acids is 2. The molecule has 1 aromatic rings. The standard InChI is InChI=1S/C23H24F2O4/c1-15(11-21(27)29-4)9-10-23(28)17(13-18(26)14-22(23,2)3)7-5-16-6-8-19(24)20(25)12-16/h5-13,28H,14H2,1-4H3/b7-5+,10-9+,15-11-/t23-/m1/s1. The molecule has 6 heteroatoms. The summed E-state index contributed by atoms with van der Waals surface area (Å²) < 4.78 is 31.1. The van der Waals surface area contributed by atoms with Gasteiger partial charge < -0.3 is 9.84 Å². The SMILES string of the molecule is COC(=O)/C=C(C)\C=C\[C@@]1(O)C(/C=C/c2ccc(F)c(F)c2)=CC(=O)CC1(C)C. The zero-order valence-electron chi connectivity index (χ0n) is 16.8. The van der Waals surface area contributed by atoms with E-state index in [0.29, 0.717) is 16.7 Å². The first-order valence-corrected chi connectivity index (χ1v) is 9.04. The van der Waals surface area contributed by atoms with Gasteiger partial charge in [0.15, 0.2) is 17.4 Å². The molecule has 1 aliphatic rings. The van der Waals surface area contributed by atoms with Crippen molar-refractivity contribution in [2.45, 2.75) is 32.8 Å².